The number of aryl methyl sites for hydroxylation is 3. The molecule has 13 rings (SSSR count). The Morgan fingerprint density at radius 1 is 0.257 bits per heavy atom. The van der Waals surface area contributed by atoms with Crippen LogP contribution < -0.4 is 26.2 Å². The predicted molar refractivity (Wildman–Crippen MR) is 311 cm³/mol. The zero-order chi connectivity index (χ0) is 49.8. The Hall–Kier alpha value is -8.92. The first-order chi connectivity index (χ1) is 36.4. The molecule has 0 atom stereocenters. The first kappa shape index (κ1) is 45.0. The molecule has 2 heterocycles. The molecule has 2 nitrogen and oxygen atoms in total. The Balaban J connectivity index is 1.000. The van der Waals surface area contributed by atoms with Crippen LogP contribution in [0.3, 0.4) is 0 Å². The van der Waals surface area contributed by atoms with Crippen LogP contribution in [-0.2, 0) is 10.8 Å². The molecule has 0 spiro atoms. The van der Waals surface area contributed by atoms with Gasteiger partial charge in [-0.25, -0.2) is 0 Å². The van der Waals surface area contributed by atoms with Gasteiger partial charge >= 0.3 is 0 Å². The average Bonchev–Trinajstić information content (AvgIpc) is 3.47. The SMILES string of the molecule is Cc1ccc2c(c1)N(c1ccc(C(c3ccccc3)(c3ccccc3)c3ccccc3)cc1)c1cc(C)cc3c1B2c1ccc(C)cc1N3c1ccc(C(c2ccccc2)(c2ccccc2)c2ccccc2)cc1. The standard InChI is InChI=1S/C71H55BN2/c1-50-34-44-63-65(46-50)73(61-40-36-59(37-41-61)70(53-22-10-4-11-23-53,54-24-12-5-13-25-54)55-26-14-6-15-27-55)67-48-52(3)49-68-69(67)72(63)64-45-35-51(2)47-66(64)74(68)62-42-38-60(39-43-62)71(56-28-16-7-17-29-56,57-30-18-8-19-31-57)58-32-20-9-21-33-58/h4-49H,1-3H3. The van der Waals surface area contributed by atoms with Gasteiger partial charge in [0.05, 0.1) is 10.8 Å². The molecule has 0 bridgehead atoms. The lowest BCUT2D eigenvalue weighted by atomic mass is 9.33. The molecule has 3 heteroatoms. The van der Waals surface area contributed by atoms with Gasteiger partial charge in [0, 0.05) is 34.1 Å². The summed E-state index contributed by atoms with van der Waals surface area (Å²) in [7, 11) is 0. The van der Waals surface area contributed by atoms with Crippen LogP contribution in [0.15, 0.2) is 279 Å². The number of fused-ring (bicyclic) bond motifs is 4. The van der Waals surface area contributed by atoms with Gasteiger partial charge in [0.15, 0.2) is 0 Å². The highest BCUT2D eigenvalue weighted by molar-refractivity contribution is 7.00. The van der Waals surface area contributed by atoms with Crippen molar-refractivity contribution >= 4 is 57.2 Å². The Morgan fingerprint density at radius 3 is 0.797 bits per heavy atom. The smallest absolute Gasteiger partial charge is 0.252 e. The summed E-state index contributed by atoms with van der Waals surface area (Å²) in [5, 5.41) is 0. The molecule has 0 N–H and O–H groups in total. The van der Waals surface area contributed by atoms with E-state index in [-0.39, 0.29) is 6.71 Å². The van der Waals surface area contributed by atoms with Gasteiger partial charge in [0.25, 0.3) is 6.71 Å². The monoisotopic (exact) mass is 946 g/mol. The molecule has 0 radical (unpaired) electrons. The van der Waals surface area contributed by atoms with E-state index >= 15 is 0 Å². The summed E-state index contributed by atoms with van der Waals surface area (Å²) in [5.41, 5.74) is 23.4. The molecule has 0 unspecified atom stereocenters. The summed E-state index contributed by atoms with van der Waals surface area (Å²) in [6.07, 6.45) is 0. The summed E-state index contributed by atoms with van der Waals surface area (Å²) in [5.74, 6) is 0. The maximum atomic E-state index is 2.54. The fourth-order valence-electron chi connectivity index (χ4n) is 12.8. The van der Waals surface area contributed by atoms with E-state index < -0.39 is 10.8 Å². The van der Waals surface area contributed by atoms with E-state index in [1.54, 1.807) is 0 Å². The zero-order valence-electron chi connectivity index (χ0n) is 42.0. The summed E-state index contributed by atoms with van der Waals surface area (Å²) in [6.45, 7) is 6.73. The minimum Gasteiger partial charge on any atom is -0.311 e. The molecule has 0 saturated heterocycles. The van der Waals surface area contributed by atoms with E-state index in [1.165, 1.54) is 100 Å². The van der Waals surface area contributed by atoms with Crippen LogP contribution in [0.1, 0.15) is 61.2 Å². The van der Waals surface area contributed by atoms with Crippen LogP contribution in [-0.4, -0.2) is 6.71 Å². The van der Waals surface area contributed by atoms with Crippen LogP contribution in [0.5, 0.6) is 0 Å². The van der Waals surface area contributed by atoms with E-state index in [0.29, 0.717) is 0 Å². The van der Waals surface area contributed by atoms with E-state index in [0.717, 1.165) is 11.4 Å². The lowest BCUT2D eigenvalue weighted by Gasteiger charge is -2.45. The Bertz CT molecular complexity index is 3340. The predicted octanol–water partition coefficient (Wildman–Crippen LogP) is 15.5. The average molecular weight is 947 g/mol. The molecule has 11 aromatic carbocycles. The number of nitrogens with zero attached hydrogens (tertiary/aromatic N) is 2. The van der Waals surface area contributed by atoms with Gasteiger partial charge in [-0.15, -0.1) is 0 Å². The summed E-state index contributed by atoms with van der Waals surface area (Å²) >= 11 is 0. The maximum absolute atomic E-state index is 2.54. The largest absolute Gasteiger partial charge is 0.311 e. The van der Waals surface area contributed by atoms with Gasteiger partial charge < -0.3 is 9.80 Å². The lowest BCUT2D eigenvalue weighted by Crippen LogP contribution is -2.61. The molecule has 0 amide bonds. The molecule has 0 saturated carbocycles. The molecule has 2 aliphatic heterocycles. The molecule has 0 aromatic heterocycles. The van der Waals surface area contributed by atoms with Crippen LogP contribution in [0.2, 0.25) is 0 Å². The first-order valence-corrected chi connectivity index (χ1v) is 25.9. The maximum Gasteiger partial charge on any atom is 0.252 e. The van der Waals surface area contributed by atoms with Crippen molar-refractivity contribution in [1.82, 2.24) is 0 Å². The highest BCUT2D eigenvalue weighted by Gasteiger charge is 2.45. The van der Waals surface area contributed by atoms with Gasteiger partial charge in [-0.2, -0.15) is 0 Å². The highest BCUT2D eigenvalue weighted by Crippen LogP contribution is 2.50. The lowest BCUT2D eigenvalue weighted by molar-refractivity contribution is 0.745. The third-order valence-electron chi connectivity index (χ3n) is 15.9. The number of anilines is 6. The fraction of sp³-hybridized carbons (Fsp3) is 0.0704. The van der Waals surface area contributed by atoms with Crippen molar-refractivity contribution in [2.75, 3.05) is 9.80 Å². The van der Waals surface area contributed by atoms with Crippen LogP contribution in [0.25, 0.3) is 0 Å². The van der Waals surface area contributed by atoms with Crippen LogP contribution >= 0.6 is 0 Å². The number of benzene rings is 11. The Morgan fingerprint density at radius 2 is 0.514 bits per heavy atom. The van der Waals surface area contributed by atoms with E-state index in [2.05, 4.69) is 310 Å². The molecule has 0 fully saturated rings. The second-order valence-electron chi connectivity index (χ2n) is 20.2. The van der Waals surface area contributed by atoms with Gasteiger partial charge in [-0.05, 0) is 147 Å². The minimum absolute atomic E-state index is 0.0293. The van der Waals surface area contributed by atoms with Crippen molar-refractivity contribution in [1.29, 1.82) is 0 Å². The van der Waals surface area contributed by atoms with Gasteiger partial charge in [0.1, 0.15) is 0 Å². The van der Waals surface area contributed by atoms with Crippen LogP contribution in [0.4, 0.5) is 34.1 Å². The summed E-state index contributed by atoms with van der Waals surface area (Å²) in [4.78, 5) is 5.08. The van der Waals surface area contributed by atoms with E-state index in [1.807, 2.05) is 0 Å². The van der Waals surface area contributed by atoms with Gasteiger partial charge in [-0.1, -0.05) is 231 Å². The molecule has 0 aliphatic carbocycles. The Labute approximate surface area is 436 Å². The Kier molecular flexibility index (Phi) is 11.1. The van der Waals surface area contributed by atoms with E-state index in [4.69, 9.17) is 0 Å². The van der Waals surface area contributed by atoms with Gasteiger partial charge in [-0.3, -0.25) is 0 Å². The quantitative estimate of drug-likeness (QED) is 0.0996. The molecule has 2 aliphatic rings. The molecule has 11 aromatic rings. The molecular formula is C71H55BN2. The highest BCUT2D eigenvalue weighted by atomic mass is 15.2. The summed E-state index contributed by atoms with van der Waals surface area (Å²) < 4.78 is 0. The molecule has 352 valence electrons. The normalized spacial score (nSPS) is 12.7. The molecular weight excluding hydrogens is 892 g/mol. The van der Waals surface area contributed by atoms with Crippen molar-refractivity contribution in [2.45, 2.75) is 31.6 Å². The second-order valence-corrected chi connectivity index (χ2v) is 20.2. The van der Waals surface area contributed by atoms with Gasteiger partial charge in [0.2, 0.25) is 0 Å². The van der Waals surface area contributed by atoms with E-state index in [9.17, 15) is 0 Å². The topological polar surface area (TPSA) is 6.48 Å². The minimum atomic E-state index is -0.548. The van der Waals surface area contributed by atoms with Crippen molar-refractivity contribution in [3.63, 3.8) is 0 Å². The third-order valence-corrected chi connectivity index (χ3v) is 15.9. The van der Waals surface area contributed by atoms with Crippen molar-refractivity contribution in [3.8, 4) is 0 Å². The van der Waals surface area contributed by atoms with Crippen molar-refractivity contribution in [3.05, 3.63) is 340 Å². The fourth-order valence-corrected chi connectivity index (χ4v) is 12.8. The number of rotatable bonds is 10. The number of hydrogen-bond donors (Lipinski definition) is 0. The van der Waals surface area contributed by atoms with Crippen LogP contribution in [0, 0.1) is 20.8 Å². The number of hydrogen-bond acceptors (Lipinski definition) is 2. The zero-order valence-corrected chi connectivity index (χ0v) is 42.0. The van der Waals surface area contributed by atoms with Crippen molar-refractivity contribution < 1.29 is 0 Å². The van der Waals surface area contributed by atoms with Crippen molar-refractivity contribution in [2.24, 2.45) is 0 Å². The molecule has 74 heavy (non-hydrogen) atoms. The first-order valence-electron chi connectivity index (χ1n) is 25.9. The summed E-state index contributed by atoms with van der Waals surface area (Å²) in [6, 6.07) is 104. The third kappa shape index (κ3) is 7.10. The second kappa shape index (κ2) is 18.3.